The molecule has 0 heterocycles. The number of nitrogens with two attached hydrogens (primary N) is 1. The van der Waals surface area contributed by atoms with E-state index in [0.717, 1.165) is 6.42 Å². The molecule has 0 saturated carbocycles. The number of hydrogen-bond acceptors (Lipinski definition) is 3. The smallest absolute Gasteiger partial charge is 0.253 e. The SMILES string of the molecule is CCC(C)(C)NC(=O)c1ccc(NC(=O)CCCN)cc1Cl. The number of hydrogen-bond donors (Lipinski definition) is 3. The second-order valence-electron chi connectivity index (χ2n) is 5.83. The fourth-order valence-corrected chi connectivity index (χ4v) is 1.99. The van der Waals surface area contributed by atoms with Gasteiger partial charge in [-0.15, -0.1) is 0 Å². The third-order valence-electron chi connectivity index (χ3n) is 3.44. The van der Waals surface area contributed by atoms with Gasteiger partial charge in [0.25, 0.3) is 5.91 Å². The first-order chi connectivity index (χ1) is 10.3. The molecule has 0 atom stereocenters. The monoisotopic (exact) mass is 325 g/mol. The molecule has 0 aliphatic heterocycles. The molecule has 0 aliphatic carbocycles. The van der Waals surface area contributed by atoms with E-state index in [0.29, 0.717) is 35.7 Å². The summed E-state index contributed by atoms with van der Waals surface area (Å²) in [7, 11) is 0. The lowest BCUT2D eigenvalue weighted by Crippen LogP contribution is -2.42. The van der Waals surface area contributed by atoms with Crippen LogP contribution >= 0.6 is 11.6 Å². The van der Waals surface area contributed by atoms with Gasteiger partial charge in [-0.2, -0.15) is 0 Å². The lowest BCUT2D eigenvalue weighted by Gasteiger charge is -2.24. The summed E-state index contributed by atoms with van der Waals surface area (Å²) in [5, 5.41) is 5.97. The van der Waals surface area contributed by atoms with Crippen LogP contribution in [-0.2, 0) is 4.79 Å². The zero-order valence-electron chi connectivity index (χ0n) is 13.3. The number of rotatable bonds is 7. The molecule has 0 fully saturated rings. The van der Waals surface area contributed by atoms with Crippen molar-refractivity contribution in [3.63, 3.8) is 0 Å². The molecule has 0 spiro atoms. The lowest BCUT2D eigenvalue weighted by atomic mass is 10.0. The summed E-state index contributed by atoms with van der Waals surface area (Å²) in [5.74, 6) is -0.344. The van der Waals surface area contributed by atoms with E-state index >= 15 is 0 Å². The number of benzene rings is 1. The molecular formula is C16H24ClN3O2. The maximum absolute atomic E-state index is 12.2. The van der Waals surface area contributed by atoms with Crippen molar-refractivity contribution in [2.45, 2.75) is 45.6 Å². The van der Waals surface area contributed by atoms with Crippen LogP contribution in [0.3, 0.4) is 0 Å². The van der Waals surface area contributed by atoms with E-state index in [1.54, 1.807) is 18.2 Å². The molecule has 1 aromatic rings. The van der Waals surface area contributed by atoms with Crippen molar-refractivity contribution in [3.05, 3.63) is 28.8 Å². The summed E-state index contributed by atoms with van der Waals surface area (Å²) < 4.78 is 0. The van der Waals surface area contributed by atoms with Crippen LogP contribution in [-0.4, -0.2) is 23.9 Å². The first-order valence-electron chi connectivity index (χ1n) is 7.41. The molecule has 22 heavy (non-hydrogen) atoms. The molecule has 0 aliphatic rings. The van der Waals surface area contributed by atoms with Gasteiger partial charge in [0.15, 0.2) is 0 Å². The van der Waals surface area contributed by atoms with Gasteiger partial charge in [0.1, 0.15) is 0 Å². The minimum atomic E-state index is -0.296. The molecule has 0 unspecified atom stereocenters. The number of amides is 2. The van der Waals surface area contributed by atoms with E-state index in [9.17, 15) is 9.59 Å². The van der Waals surface area contributed by atoms with E-state index in [4.69, 9.17) is 17.3 Å². The molecule has 1 rings (SSSR count). The van der Waals surface area contributed by atoms with E-state index in [1.807, 2.05) is 20.8 Å². The highest BCUT2D eigenvalue weighted by Crippen LogP contribution is 2.22. The fourth-order valence-electron chi connectivity index (χ4n) is 1.73. The molecule has 0 radical (unpaired) electrons. The molecule has 0 bridgehead atoms. The lowest BCUT2D eigenvalue weighted by molar-refractivity contribution is -0.116. The number of anilines is 1. The molecule has 1 aromatic carbocycles. The Kier molecular flexibility index (Phi) is 6.84. The van der Waals surface area contributed by atoms with Crippen molar-refractivity contribution in [1.29, 1.82) is 0 Å². The van der Waals surface area contributed by atoms with Crippen LogP contribution in [0.1, 0.15) is 50.4 Å². The molecule has 5 nitrogen and oxygen atoms in total. The van der Waals surface area contributed by atoms with Crippen molar-refractivity contribution >= 4 is 29.1 Å². The highest BCUT2D eigenvalue weighted by Gasteiger charge is 2.20. The van der Waals surface area contributed by atoms with Gasteiger partial charge in [0.2, 0.25) is 5.91 Å². The Balaban J connectivity index is 2.77. The number of halogens is 1. The molecule has 0 aromatic heterocycles. The van der Waals surface area contributed by atoms with E-state index in [-0.39, 0.29) is 17.4 Å². The summed E-state index contributed by atoms with van der Waals surface area (Å²) in [5.41, 5.74) is 6.03. The third-order valence-corrected chi connectivity index (χ3v) is 3.75. The van der Waals surface area contributed by atoms with Gasteiger partial charge < -0.3 is 16.4 Å². The van der Waals surface area contributed by atoms with Crippen molar-refractivity contribution in [1.82, 2.24) is 5.32 Å². The van der Waals surface area contributed by atoms with Crippen LogP contribution in [0.5, 0.6) is 0 Å². The van der Waals surface area contributed by atoms with E-state index < -0.39 is 0 Å². The third kappa shape index (κ3) is 5.66. The number of carbonyl (C=O) groups excluding carboxylic acids is 2. The zero-order chi connectivity index (χ0) is 16.8. The van der Waals surface area contributed by atoms with Gasteiger partial charge in [0.05, 0.1) is 10.6 Å². The zero-order valence-corrected chi connectivity index (χ0v) is 14.1. The predicted molar refractivity (Wildman–Crippen MR) is 90.2 cm³/mol. The summed E-state index contributed by atoms with van der Waals surface area (Å²) >= 11 is 6.15. The number of carbonyl (C=O) groups is 2. The Hall–Kier alpha value is -1.59. The first-order valence-corrected chi connectivity index (χ1v) is 7.79. The highest BCUT2D eigenvalue weighted by atomic mass is 35.5. The van der Waals surface area contributed by atoms with Gasteiger partial charge >= 0.3 is 0 Å². The fraction of sp³-hybridized carbons (Fsp3) is 0.500. The Morgan fingerprint density at radius 1 is 1.32 bits per heavy atom. The Morgan fingerprint density at radius 2 is 2.00 bits per heavy atom. The minimum absolute atomic E-state index is 0.120. The molecule has 0 saturated heterocycles. The molecule has 4 N–H and O–H groups in total. The van der Waals surface area contributed by atoms with Crippen LogP contribution in [0, 0.1) is 0 Å². The predicted octanol–water partition coefficient (Wildman–Crippen LogP) is 2.94. The normalized spacial score (nSPS) is 11.1. The Bertz CT molecular complexity index is 544. The van der Waals surface area contributed by atoms with Crippen molar-refractivity contribution in [2.75, 3.05) is 11.9 Å². The van der Waals surface area contributed by atoms with Crippen LogP contribution in [0.4, 0.5) is 5.69 Å². The summed E-state index contributed by atoms with van der Waals surface area (Å²) in [6, 6.07) is 4.86. The minimum Gasteiger partial charge on any atom is -0.347 e. The van der Waals surface area contributed by atoms with Gasteiger partial charge in [-0.1, -0.05) is 18.5 Å². The van der Waals surface area contributed by atoms with Gasteiger partial charge in [-0.05, 0) is 51.4 Å². The molecule has 122 valence electrons. The summed E-state index contributed by atoms with van der Waals surface area (Å²) in [6.07, 6.45) is 1.80. The van der Waals surface area contributed by atoms with Crippen molar-refractivity contribution in [2.24, 2.45) is 5.73 Å². The molecule has 6 heteroatoms. The van der Waals surface area contributed by atoms with Gasteiger partial charge in [-0.3, -0.25) is 9.59 Å². The summed E-state index contributed by atoms with van der Waals surface area (Å²) in [4.78, 5) is 23.9. The Labute approximate surface area is 136 Å². The van der Waals surface area contributed by atoms with Crippen LogP contribution < -0.4 is 16.4 Å². The van der Waals surface area contributed by atoms with Gasteiger partial charge in [0, 0.05) is 17.6 Å². The topological polar surface area (TPSA) is 84.2 Å². The van der Waals surface area contributed by atoms with Crippen molar-refractivity contribution < 1.29 is 9.59 Å². The Morgan fingerprint density at radius 3 is 2.55 bits per heavy atom. The van der Waals surface area contributed by atoms with Crippen LogP contribution in [0.2, 0.25) is 5.02 Å². The second kappa shape index (κ2) is 8.15. The van der Waals surface area contributed by atoms with Crippen LogP contribution in [0.15, 0.2) is 18.2 Å². The van der Waals surface area contributed by atoms with Crippen LogP contribution in [0.25, 0.3) is 0 Å². The molecular weight excluding hydrogens is 302 g/mol. The average molecular weight is 326 g/mol. The average Bonchev–Trinajstić information content (AvgIpc) is 2.44. The second-order valence-corrected chi connectivity index (χ2v) is 6.23. The maximum atomic E-state index is 12.2. The molecule has 2 amide bonds. The highest BCUT2D eigenvalue weighted by molar-refractivity contribution is 6.34. The van der Waals surface area contributed by atoms with Crippen molar-refractivity contribution in [3.8, 4) is 0 Å². The standard InChI is InChI=1S/C16H24ClN3O2/c1-4-16(2,3)20-15(22)12-8-7-11(10-13(12)17)19-14(21)6-5-9-18/h7-8,10H,4-6,9,18H2,1-3H3,(H,19,21)(H,20,22). The summed E-state index contributed by atoms with van der Waals surface area (Å²) in [6.45, 7) is 6.37. The quantitative estimate of drug-likeness (QED) is 0.720. The number of nitrogens with one attached hydrogen (secondary N) is 2. The first kappa shape index (κ1) is 18.5. The maximum Gasteiger partial charge on any atom is 0.253 e. The van der Waals surface area contributed by atoms with E-state index in [2.05, 4.69) is 10.6 Å². The van der Waals surface area contributed by atoms with E-state index in [1.165, 1.54) is 0 Å². The largest absolute Gasteiger partial charge is 0.347 e. The van der Waals surface area contributed by atoms with Gasteiger partial charge in [-0.25, -0.2) is 0 Å².